The van der Waals surface area contributed by atoms with Crippen LogP contribution in [0.3, 0.4) is 0 Å². The molecule has 1 aromatic carbocycles. The SMILES string of the molecule is CN(C1CNC1)[C@H]1CCCC[C@@H]1Nc1cc(F)c(S(=O)(=O)Cc2nccs2)cc1Cl.Cl.Cl. The van der Waals surface area contributed by atoms with Crippen molar-refractivity contribution < 1.29 is 12.8 Å². The molecular formula is C20H28Cl3FN4O2S2. The molecule has 2 fully saturated rings. The lowest BCUT2D eigenvalue weighted by atomic mass is 9.88. The molecule has 1 aliphatic carbocycles. The van der Waals surface area contributed by atoms with Crippen LogP contribution in [0.2, 0.25) is 5.02 Å². The van der Waals surface area contributed by atoms with Gasteiger partial charge in [0, 0.05) is 42.8 Å². The van der Waals surface area contributed by atoms with Crippen molar-refractivity contribution in [1.82, 2.24) is 15.2 Å². The van der Waals surface area contributed by atoms with Crippen LogP contribution in [0.1, 0.15) is 30.7 Å². The maximum Gasteiger partial charge on any atom is 0.187 e. The normalized spacial score (nSPS) is 21.4. The Morgan fingerprint density at radius 1 is 1.28 bits per heavy atom. The summed E-state index contributed by atoms with van der Waals surface area (Å²) in [6, 6.07) is 3.42. The zero-order valence-electron chi connectivity index (χ0n) is 17.6. The molecule has 2 aromatic rings. The number of nitrogens with zero attached hydrogens (tertiary/aromatic N) is 2. The molecule has 1 aromatic heterocycles. The van der Waals surface area contributed by atoms with E-state index in [2.05, 4.69) is 27.6 Å². The quantitative estimate of drug-likeness (QED) is 0.538. The molecule has 0 unspecified atom stereocenters. The van der Waals surface area contributed by atoms with Crippen LogP contribution < -0.4 is 10.6 Å². The monoisotopic (exact) mass is 544 g/mol. The lowest BCUT2D eigenvalue weighted by Crippen LogP contribution is -2.61. The van der Waals surface area contributed by atoms with E-state index in [4.69, 9.17) is 11.6 Å². The Hall–Kier alpha value is -0.680. The van der Waals surface area contributed by atoms with Gasteiger partial charge in [-0.25, -0.2) is 17.8 Å². The summed E-state index contributed by atoms with van der Waals surface area (Å²) in [5.41, 5.74) is 0.444. The number of rotatable bonds is 7. The predicted molar refractivity (Wildman–Crippen MR) is 133 cm³/mol. The molecule has 0 spiro atoms. The van der Waals surface area contributed by atoms with Crippen molar-refractivity contribution in [2.75, 3.05) is 25.5 Å². The highest BCUT2D eigenvalue weighted by molar-refractivity contribution is 7.90. The Balaban J connectivity index is 0.00000181. The molecule has 1 saturated carbocycles. The summed E-state index contributed by atoms with van der Waals surface area (Å²) in [5, 5.41) is 9.04. The van der Waals surface area contributed by atoms with Crippen LogP contribution in [-0.4, -0.2) is 56.6 Å². The van der Waals surface area contributed by atoms with E-state index >= 15 is 0 Å². The van der Waals surface area contributed by atoms with Gasteiger partial charge in [-0.15, -0.1) is 36.2 Å². The van der Waals surface area contributed by atoms with Gasteiger partial charge in [0.1, 0.15) is 21.5 Å². The van der Waals surface area contributed by atoms with Gasteiger partial charge in [-0.2, -0.15) is 0 Å². The smallest absolute Gasteiger partial charge is 0.187 e. The Morgan fingerprint density at radius 2 is 2.00 bits per heavy atom. The third-order valence-corrected chi connectivity index (χ3v) is 8.99. The molecular weight excluding hydrogens is 518 g/mol. The van der Waals surface area contributed by atoms with Gasteiger partial charge in [0.2, 0.25) is 0 Å². The topological polar surface area (TPSA) is 74.3 Å². The second kappa shape index (κ2) is 11.6. The number of likely N-dealkylation sites (N-methyl/N-ethyl adjacent to an activating group) is 1. The number of thiazole rings is 1. The summed E-state index contributed by atoms with van der Waals surface area (Å²) in [6.45, 7) is 1.97. The number of hydrogen-bond acceptors (Lipinski definition) is 7. The molecule has 0 bridgehead atoms. The van der Waals surface area contributed by atoms with Crippen LogP contribution in [0, 0.1) is 5.82 Å². The fourth-order valence-corrected chi connectivity index (χ4v) is 6.87. The van der Waals surface area contributed by atoms with E-state index in [-0.39, 0.29) is 46.5 Å². The van der Waals surface area contributed by atoms with E-state index in [0.29, 0.717) is 22.8 Å². The molecule has 2 heterocycles. The van der Waals surface area contributed by atoms with Crippen LogP contribution in [-0.2, 0) is 15.6 Å². The van der Waals surface area contributed by atoms with Gasteiger partial charge in [-0.1, -0.05) is 24.4 Å². The maximum absolute atomic E-state index is 14.8. The summed E-state index contributed by atoms with van der Waals surface area (Å²) < 4.78 is 40.2. The van der Waals surface area contributed by atoms with Crippen molar-refractivity contribution in [3.05, 3.63) is 39.6 Å². The minimum atomic E-state index is -3.87. The summed E-state index contributed by atoms with van der Waals surface area (Å²) in [6.07, 6.45) is 5.85. The van der Waals surface area contributed by atoms with Crippen molar-refractivity contribution in [2.24, 2.45) is 0 Å². The summed E-state index contributed by atoms with van der Waals surface area (Å²) >= 11 is 7.63. The van der Waals surface area contributed by atoms with Gasteiger partial charge in [-0.3, -0.25) is 4.90 Å². The first-order valence-electron chi connectivity index (χ1n) is 10.1. The Bertz CT molecular complexity index is 991. The Morgan fingerprint density at radius 3 is 2.62 bits per heavy atom. The van der Waals surface area contributed by atoms with Crippen molar-refractivity contribution >= 4 is 63.3 Å². The molecule has 2 N–H and O–H groups in total. The summed E-state index contributed by atoms with van der Waals surface area (Å²) in [4.78, 5) is 6.01. The fraction of sp³-hybridized carbons (Fsp3) is 0.550. The molecule has 180 valence electrons. The molecule has 0 radical (unpaired) electrons. The Kier molecular flexibility index (Phi) is 10.0. The molecule has 2 atom stereocenters. The fourth-order valence-electron chi connectivity index (χ4n) is 4.24. The van der Waals surface area contributed by atoms with E-state index in [1.165, 1.54) is 36.1 Å². The number of aromatic nitrogens is 1. The zero-order chi connectivity index (χ0) is 21.3. The van der Waals surface area contributed by atoms with Crippen LogP contribution in [0.5, 0.6) is 0 Å². The standard InChI is InChI=1S/C20H26ClFN4O2S2.2ClH/c1-26(13-10-23-11-13)18-5-3-2-4-16(18)25-17-9-15(22)19(8-14(17)21)30(27,28)12-20-24-6-7-29-20;;/h6-9,13,16,18,23,25H,2-5,10-12H2,1H3;2*1H/t16-,18-;;/m0../s1. The number of anilines is 1. The van der Waals surface area contributed by atoms with E-state index < -0.39 is 15.7 Å². The number of benzene rings is 1. The second-order valence-corrected chi connectivity index (χ2v) is 11.4. The highest BCUT2D eigenvalue weighted by Crippen LogP contribution is 2.33. The van der Waals surface area contributed by atoms with Gasteiger partial charge < -0.3 is 10.6 Å². The molecule has 6 nitrogen and oxygen atoms in total. The lowest BCUT2D eigenvalue weighted by Gasteiger charge is -2.45. The number of halogens is 4. The molecule has 1 saturated heterocycles. The van der Waals surface area contributed by atoms with Gasteiger partial charge in [0.25, 0.3) is 0 Å². The van der Waals surface area contributed by atoms with Crippen LogP contribution in [0.25, 0.3) is 0 Å². The van der Waals surface area contributed by atoms with Crippen LogP contribution >= 0.6 is 47.8 Å². The van der Waals surface area contributed by atoms with Crippen molar-refractivity contribution in [2.45, 2.75) is 54.5 Å². The van der Waals surface area contributed by atoms with Crippen LogP contribution in [0.4, 0.5) is 10.1 Å². The summed E-state index contributed by atoms with van der Waals surface area (Å²) in [7, 11) is -1.73. The Labute approximate surface area is 210 Å². The molecule has 0 amide bonds. The van der Waals surface area contributed by atoms with Gasteiger partial charge >= 0.3 is 0 Å². The largest absolute Gasteiger partial charge is 0.379 e. The highest BCUT2D eigenvalue weighted by Gasteiger charge is 2.34. The average Bonchev–Trinajstić information content (AvgIpc) is 3.15. The van der Waals surface area contributed by atoms with E-state index in [9.17, 15) is 12.8 Å². The van der Waals surface area contributed by atoms with Gasteiger partial charge in [-0.05, 0) is 32.0 Å². The van der Waals surface area contributed by atoms with Crippen LogP contribution in [0.15, 0.2) is 28.6 Å². The van der Waals surface area contributed by atoms with E-state index in [1.54, 1.807) is 5.38 Å². The number of sulfone groups is 1. The minimum absolute atomic E-state index is 0. The number of hydrogen-bond donors (Lipinski definition) is 2. The molecule has 2 aliphatic rings. The summed E-state index contributed by atoms with van der Waals surface area (Å²) in [5.74, 6) is -1.13. The molecule has 32 heavy (non-hydrogen) atoms. The minimum Gasteiger partial charge on any atom is -0.379 e. The van der Waals surface area contributed by atoms with Gasteiger partial charge in [0.15, 0.2) is 9.84 Å². The van der Waals surface area contributed by atoms with E-state index in [0.717, 1.165) is 32.4 Å². The van der Waals surface area contributed by atoms with Crippen molar-refractivity contribution in [3.8, 4) is 0 Å². The van der Waals surface area contributed by atoms with Gasteiger partial charge in [0.05, 0.1) is 10.7 Å². The highest BCUT2D eigenvalue weighted by atomic mass is 35.5. The first kappa shape index (κ1) is 27.6. The zero-order valence-corrected chi connectivity index (χ0v) is 21.6. The lowest BCUT2D eigenvalue weighted by molar-refractivity contribution is 0.0944. The second-order valence-electron chi connectivity index (χ2n) is 8.03. The van der Waals surface area contributed by atoms with Crippen molar-refractivity contribution in [1.29, 1.82) is 0 Å². The molecule has 12 heteroatoms. The van der Waals surface area contributed by atoms with Crippen molar-refractivity contribution in [3.63, 3.8) is 0 Å². The van der Waals surface area contributed by atoms with E-state index in [1.807, 2.05) is 0 Å². The molecule has 4 rings (SSSR count). The third-order valence-electron chi connectivity index (χ3n) is 6.08. The average molecular weight is 546 g/mol. The predicted octanol–water partition coefficient (Wildman–Crippen LogP) is 4.38. The first-order valence-corrected chi connectivity index (χ1v) is 13.1. The number of nitrogens with one attached hydrogen (secondary N) is 2. The molecule has 1 aliphatic heterocycles. The first-order chi connectivity index (χ1) is 14.3. The third kappa shape index (κ3) is 6.05. The maximum atomic E-state index is 14.8.